The molecule has 1 N–H and O–H groups in total. The van der Waals surface area contributed by atoms with Crippen LogP contribution in [0.1, 0.15) is 42.0 Å². The van der Waals surface area contributed by atoms with Gasteiger partial charge in [0.25, 0.3) is 0 Å². The van der Waals surface area contributed by atoms with Crippen LogP contribution in [-0.2, 0) is 7.05 Å². The molecule has 1 unspecified atom stereocenters. The Morgan fingerprint density at radius 1 is 1.50 bits per heavy atom. The zero-order valence-corrected chi connectivity index (χ0v) is 10.9. The summed E-state index contributed by atoms with van der Waals surface area (Å²) in [5.74, 6) is 0.182. The van der Waals surface area contributed by atoms with Gasteiger partial charge in [-0.05, 0) is 33.3 Å². The van der Waals surface area contributed by atoms with E-state index in [9.17, 15) is 4.79 Å². The van der Waals surface area contributed by atoms with Gasteiger partial charge in [0, 0.05) is 30.0 Å². The molecule has 0 aromatic carbocycles. The molecule has 1 rings (SSSR count). The number of hydrogen-bond acceptors (Lipinski definition) is 2. The van der Waals surface area contributed by atoms with Crippen molar-refractivity contribution < 1.29 is 4.79 Å². The van der Waals surface area contributed by atoms with E-state index in [0.717, 1.165) is 23.4 Å². The number of carbonyl (C=O) groups is 1. The molecular formula is C13H22N2O. The van der Waals surface area contributed by atoms with Gasteiger partial charge in [-0.25, -0.2) is 0 Å². The zero-order valence-electron chi connectivity index (χ0n) is 10.9. The van der Waals surface area contributed by atoms with Gasteiger partial charge in [-0.3, -0.25) is 4.79 Å². The van der Waals surface area contributed by atoms with E-state index in [-0.39, 0.29) is 5.78 Å². The zero-order chi connectivity index (χ0) is 12.3. The van der Waals surface area contributed by atoms with Crippen molar-refractivity contribution in [3.8, 4) is 0 Å². The predicted molar refractivity (Wildman–Crippen MR) is 67.0 cm³/mol. The average Bonchev–Trinajstić information content (AvgIpc) is 2.53. The molecule has 1 heterocycles. The van der Waals surface area contributed by atoms with Crippen molar-refractivity contribution in [2.24, 2.45) is 7.05 Å². The summed E-state index contributed by atoms with van der Waals surface area (Å²) in [6, 6.07) is 2.37. The van der Waals surface area contributed by atoms with Crippen LogP contribution in [0.25, 0.3) is 0 Å². The van der Waals surface area contributed by atoms with Crippen LogP contribution in [0.2, 0.25) is 0 Å². The molecule has 0 aliphatic carbocycles. The van der Waals surface area contributed by atoms with Crippen molar-refractivity contribution in [1.82, 2.24) is 9.88 Å². The normalized spacial score (nSPS) is 12.8. The van der Waals surface area contributed by atoms with Gasteiger partial charge in [0.2, 0.25) is 0 Å². The van der Waals surface area contributed by atoms with Crippen molar-refractivity contribution in [3.05, 3.63) is 23.0 Å². The van der Waals surface area contributed by atoms with Gasteiger partial charge in [0.1, 0.15) is 0 Å². The molecule has 90 valence electrons. The summed E-state index contributed by atoms with van der Waals surface area (Å²) in [5, 5.41) is 3.23. The highest BCUT2D eigenvalue weighted by Crippen LogP contribution is 2.13. The van der Waals surface area contributed by atoms with Crippen molar-refractivity contribution >= 4 is 5.78 Å². The van der Waals surface area contributed by atoms with E-state index in [1.807, 2.05) is 27.0 Å². The van der Waals surface area contributed by atoms with Gasteiger partial charge in [-0.15, -0.1) is 0 Å². The molecule has 0 fully saturated rings. The van der Waals surface area contributed by atoms with Crippen LogP contribution in [-0.4, -0.2) is 22.9 Å². The van der Waals surface area contributed by atoms with Crippen LogP contribution in [0.5, 0.6) is 0 Å². The Morgan fingerprint density at radius 2 is 2.12 bits per heavy atom. The smallest absolute Gasteiger partial charge is 0.178 e. The summed E-state index contributed by atoms with van der Waals surface area (Å²) in [6.45, 7) is 8.64. The SMILES string of the molecule is CCC(C)NCC(=O)c1cc(C)n(C)c1C. The predicted octanol–water partition coefficient (Wildman–Crippen LogP) is 2.21. The van der Waals surface area contributed by atoms with Crippen LogP contribution in [0.15, 0.2) is 6.07 Å². The van der Waals surface area contributed by atoms with E-state index in [1.54, 1.807) is 0 Å². The second-order valence-corrected chi connectivity index (χ2v) is 4.46. The number of carbonyl (C=O) groups excluding carboxylic acids is 1. The van der Waals surface area contributed by atoms with Gasteiger partial charge >= 0.3 is 0 Å². The second kappa shape index (κ2) is 5.30. The summed E-state index contributed by atoms with van der Waals surface area (Å²) in [4.78, 5) is 12.0. The highest BCUT2D eigenvalue weighted by molar-refractivity contribution is 5.99. The van der Waals surface area contributed by atoms with E-state index in [1.165, 1.54) is 0 Å². The number of aryl methyl sites for hydroxylation is 1. The Morgan fingerprint density at radius 3 is 2.56 bits per heavy atom. The summed E-state index contributed by atoms with van der Waals surface area (Å²) in [5.41, 5.74) is 3.02. The number of nitrogens with one attached hydrogen (secondary N) is 1. The molecule has 16 heavy (non-hydrogen) atoms. The van der Waals surface area contributed by atoms with E-state index >= 15 is 0 Å². The van der Waals surface area contributed by atoms with Gasteiger partial charge in [0.05, 0.1) is 6.54 Å². The minimum absolute atomic E-state index is 0.182. The lowest BCUT2D eigenvalue weighted by atomic mass is 10.1. The highest BCUT2D eigenvalue weighted by Gasteiger charge is 2.13. The third-order valence-electron chi connectivity index (χ3n) is 3.30. The Balaban J connectivity index is 2.70. The molecule has 0 saturated heterocycles. The molecule has 3 heteroatoms. The first-order valence-electron chi connectivity index (χ1n) is 5.86. The maximum Gasteiger partial charge on any atom is 0.178 e. The number of aromatic nitrogens is 1. The summed E-state index contributed by atoms with van der Waals surface area (Å²) < 4.78 is 2.05. The van der Waals surface area contributed by atoms with Gasteiger partial charge in [0.15, 0.2) is 5.78 Å². The number of rotatable bonds is 5. The molecule has 0 radical (unpaired) electrons. The molecule has 3 nitrogen and oxygen atoms in total. The fourth-order valence-corrected chi connectivity index (χ4v) is 1.64. The first kappa shape index (κ1) is 13.0. The van der Waals surface area contributed by atoms with Gasteiger partial charge < -0.3 is 9.88 Å². The van der Waals surface area contributed by atoms with Crippen molar-refractivity contribution in [3.63, 3.8) is 0 Å². The molecule has 0 spiro atoms. The Labute approximate surface area is 97.8 Å². The van der Waals surface area contributed by atoms with E-state index in [0.29, 0.717) is 12.6 Å². The van der Waals surface area contributed by atoms with Gasteiger partial charge in [-0.2, -0.15) is 0 Å². The van der Waals surface area contributed by atoms with E-state index < -0.39 is 0 Å². The molecule has 0 bridgehead atoms. The molecule has 0 amide bonds. The minimum Gasteiger partial charge on any atom is -0.351 e. The third kappa shape index (κ3) is 2.73. The average molecular weight is 222 g/mol. The van der Waals surface area contributed by atoms with E-state index in [2.05, 4.69) is 23.7 Å². The number of nitrogens with zero attached hydrogens (tertiary/aromatic N) is 1. The molecule has 0 saturated carbocycles. The van der Waals surface area contributed by atoms with Crippen LogP contribution < -0.4 is 5.32 Å². The molecule has 1 atom stereocenters. The molecule has 1 aromatic heterocycles. The van der Waals surface area contributed by atoms with E-state index in [4.69, 9.17) is 0 Å². The molecular weight excluding hydrogens is 200 g/mol. The van der Waals surface area contributed by atoms with Crippen molar-refractivity contribution in [1.29, 1.82) is 0 Å². The Bertz CT molecular complexity index is 380. The number of ketones is 1. The van der Waals surface area contributed by atoms with Crippen LogP contribution in [0.4, 0.5) is 0 Å². The lowest BCUT2D eigenvalue weighted by molar-refractivity contribution is 0.0987. The third-order valence-corrected chi connectivity index (χ3v) is 3.30. The monoisotopic (exact) mass is 222 g/mol. The van der Waals surface area contributed by atoms with Crippen molar-refractivity contribution in [2.75, 3.05) is 6.54 Å². The first-order chi connectivity index (χ1) is 7.47. The van der Waals surface area contributed by atoms with Gasteiger partial charge in [-0.1, -0.05) is 6.92 Å². The minimum atomic E-state index is 0.182. The lowest BCUT2D eigenvalue weighted by Crippen LogP contribution is -2.31. The van der Waals surface area contributed by atoms with Crippen molar-refractivity contribution in [2.45, 2.75) is 40.2 Å². The maximum atomic E-state index is 12.0. The highest BCUT2D eigenvalue weighted by atomic mass is 16.1. The number of hydrogen-bond donors (Lipinski definition) is 1. The first-order valence-corrected chi connectivity index (χ1v) is 5.86. The second-order valence-electron chi connectivity index (χ2n) is 4.46. The largest absolute Gasteiger partial charge is 0.351 e. The molecule has 0 aliphatic rings. The summed E-state index contributed by atoms with van der Waals surface area (Å²) in [6.07, 6.45) is 1.04. The summed E-state index contributed by atoms with van der Waals surface area (Å²) >= 11 is 0. The Kier molecular flexibility index (Phi) is 4.30. The Hall–Kier alpha value is -1.09. The summed E-state index contributed by atoms with van der Waals surface area (Å²) in [7, 11) is 1.99. The molecule has 1 aromatic rings. The lowest BCUT2D eigenvalue weighted by Gasteiger charge is -2.10. The van der Waals surface area contributed by atoms with Crippen LogP contribution in [0.3, 0.4) is 0 Å². The number of Topliss-reactive ketones (excluding diaryl/α,β-unsaturated/α-hetero) is 1. The maximum absolute atomic E-state index is 12.0. The topological polar surface area (TPSA) is 34.0 Å². The quantitative estimate of drug-likeness (QED) is 0.775. The van der Waals surface area contributed by atoms with Crippen LogP contribution in [0, 0.1) is 13.8 Å². The fourth-order valence-electron chi connectivity index (χ4n) is 1.64. The van der Waals surface area contributed by atoms with Crippen LogP contribution >= 0.6 is 0 Å². The standard InChI is InChI=1S/C13H22N2O/c1-6-9(2)14-8-13(16)12-7-10(3)15(5)11(12)4/h7,9,14H,6,8H2,1-5H3. The fraction of sp³-hybridized carbons (Fsp3) is 0.615. The molecule has 0 aliphatic heterocycles.